The summed E-state index contributed by atoms with van der Waals surface area (Å²) >= 11 is 0. The van der Waals surface area contributed by atoms with E-state index in [0.29, 0.717) is 29.0 Å². The van der Waals surface area contributed by atoms with E-state index in [0.717, 1.165) is 5.57 Å². The summed E-state index contributed by atoms with van der Waals surface area (Å²) in [6.45, 7) is 4.23. The van der Waals surface area contributed by atoms with Gasteiger partial charge in [0.1, 0.15) is 0 Å². The number of carbonyl (C=O) groups is 2. The molecule has 2 aromatic carbocycles. The van der Waals surface area contributed by atoms with Gasteiger partial charge in [0.15, 0.2) is 0 Å². The van der Waals surface area contributed by atoms with Gasteiger partial charge in [-0.3, -0.25) is 19.4 Å². The molecule has 2 aromatic rings. The first kappa shape index (κ1) is 17.5. The van der Waals surface area contributed by atoms with Gasteiger partial charge in [0, 0.05) is 17.7 Å². The van der Waals surface area contributed by atoms with Gasteiger partial charge in [-0.15, -0.1) is 0 Å². The predicted octanol–water partition coefficient (Wildman–Crippen LogP) is 3.96. The molecule has 2 amide bonds. The number of hydrogen-bond acceptors (Lipinski definition) is 3. The lowest BCUT2D eigenvalue weighted by Crippen LogP contribution is -2.42. The number of rotatable bonds is 1. The normalized spacial score (nSPS) is 22.3. The van der Waals surface area contributed by atoms with Crippen LogP contribution in [-0.4, -0.2) is 35.8 Å². The molecule has 2 heterocycles. The van der Waals surface area contributed by atoms with Gasteiger partial charge >= 0.3 is 0 Å². The highest BCUT2D eigenvalue weighted by atomic mass is 16.2. The van der Waals surface area contributed by atoms with E-state index in [-0.39, 0.29) is 23.9 Å². The number of carbonyl (C=O) groups excluding carboxylic acids is 2. The average Bonchev–Trinajstić information content (AvgIpc) is 2.79. The molecule has 2 aliphatic heterocycles. The highest BCUT2D eigenvalue weighted by molar-refractivity contribution is 6.20. The van der Waals surface area contributed by atoms with Crippen molar-refractivity contribution in [2.75, 3.05) is 17.3 Å². The van der Waals surface area contributed by atoms with Gasteiger partial charge in [-0.2, -0.15) is 0 Å². The number of benzene rings is 2. The lowest BCUT2D eigenvalue weighted by Gasteiger charge is -2.36. The monoisotopic (exact) mass is 361 g/mol. The Bertz CT molecular complexity index is 950. The number of likely N-dealkylation sites (N-methyl/N-ethyl adjacent to an activating group) is 1. The smallest absolute Gasteiger partial charge is 0.258 e. The van der Waals surface area contributed by atoms with Crippen molar-refractivity contribution in [1.29, 1.82) is 0 Å². The zero-order chi connectivity index (χ0) is 19.1. The fourth-order valence-electron chi connectivity index (χ4n) is 3.82. The Morgan fingerprint density at radius 3 is 2.44 bits per heavy atom. The van der Waals surface area contributed by atoms with Crippen LogP contribution in [0.4, 0.5) is 17.1 Å². The molecular formula is C22H23N3O2. The standard InChI is InChI=1S/C22H23N3O2/c1-14-12-16(13-15(2)24(14)3)22(27)25-19-10-6-4-8-17(19)21(26)23-18-9-5-7-11-20(18)25/h4-12,14-15H,13H2,1-3H3,(H,23,26)/t14-,15-/m0/s1. The van der Waals surface area contributed by atoms with Crippen LogP contribution in [0.3, 0.4) is 0 Å². The van der Waals surface area contributed by atoms with Gasteiger partial charge in [0.05, 0.1) is 22.6 Å². The van der Waals surface area contributed by atoms with Crippen molar-refractivity contribution >= 4 is 28.9 Å². The first-order chi connectivity index (χ1) is 13.0. The van der Waals surface area contributed by atoms with Crippen molar-refractivity contribution in [2.45, 2.75) is 32.4 Å². The molecule has 0 saturated carbocycles. The average molecular weight is 361 g/mol. The molecule has 138 valence electrons. The summed E-state index contributed by atoms with van der Waals surface area (Å²) in [5.74, 6) is -0.273. The van der Waals surface area contributed by atoms with Crippen LogP contribution in [0, 0.1) is 0 Å². The second-order valence-electron chi connectivity index (χ2n) is 7.28. The summed E-state index contributed by atoms with van der Waals surface area (Å²) in [5, 5.41) is 2.93. The van der Waals surface area contributed by atoms with Crippen LogP contribution in [0.25, 0.3) is 0 Å². The molecule has 4 rings (SSSR count). The summed E-state index contributed by atoms with van der Waals surface area (Å²) in [5.41, 5.74) is 3.23. The second-order valence-corrected chi connectivity index (χ2v) is 7.28. The third-order valence-electron chi connectivity index (χ3n) is 5.56. The molecule has 27 heavy (non-hydrogen) atoms. The van der Waals surface area contributed by atoms with Crippen LogP contribution in [0.15, 0.2) is 60.2 Å². The van der Waals surface area contributed by atoms with Crippen molar-refractivity contribution in [1.82, 2.24) is 4.90 Å². The summed E-state index contributed by atoms with van der Waals surface area (Å²) in [6, 6.07) is 15.2. The number of nitrogens with zero attached hydrogens (tertiary/aromatic N) is 2. The molecule has 0 radical (unpaired) electrons. The molecule has 5 nitrogen and oxygen atoms in total. The molecule has 5 heteroatoms. The molecule has 0 spiro atoms. The van der Waals surface area contributed by atoms with Crippen molar-refractivity contribution in [3.05, 3.63) is 65.7 Å². The van der Waals surface area contributed by atoms with E-state index < -0.39 is 0 Å². The van der Waals surface area contributed by atoms with Crippen LogP contribution in [-0.2, 0) is 4.79 Å². The van der Waals surface area contributed by atoms with E-state index in [1.807, 2.05) is 48.5 Å². The third-order valence-corrected chi connectivity index (χ3v) is 5.56. The SMILES string of the molecule is C[C@H]1C=C(C(=O)N2c3ccccc3NC(=O)c3ccccc32)C[C@H](C)N1C. The molecule has 0 bridgehead atoms. The lowest BCUT2D eigenvalue weighted by atomic mass is 9.96. The topological polar surface area (TPSA) is 52.7 Å². The molecule has 1 N–H and O–H groups in total. The van der Waals surface area contributed by atoms with Gasteiger partial charge < -0.3 is 5.32 Å². The Morgan fingerprint density at radius 2 is 1.70 bits per heavy atom. The number of amides is 2. The fraction of sp³-hybridized carbons (Fsp3) is 0.273. The van der Waals surface area contributed by atoms with Crippen LogP contribution in [0.2, 0.25) is 0 Å². The van der Waals surface area contributed by atoms with E-state index >= 15 is 0 Å². The van der Waals surface area contributed by atoms with Crippen LogP contribution in [0.1, 0.15) is 30.6 Å². The Morgan fingerprint density at radius 1 is 1.04 bits per heavy atom. The highest BCUT2D eigenvalue weighted by Crippen LogP contribution is 2.39. The maximum atomic E-state index is 13.6. The Kier molecular flexibility index (Phi) is 4.32. The number of hydrogen-bond donors (Lipinski definition) is 1. The van der Waals surface area contributed by atoms with Crippen LogP contribution < -0.4 is 10.2 Å². The Labute approximate surface area is 159 Å². The molecule has 0 aliphatic carbocycles. The largest absolute Gasteiger partial charge is 0.320 e. The molecule has 0 saturated heterocycles. The minimum Gasteiger partial charge on any atom is -0.320 e. The lowest BCUT2D eigenvalue weighted by molar-refractivity contribution is -0.114. The van der Waals surface area contributed by atoms with Crippen LogP contribution >= 0.6 is 0 Å². The minimum atomic E-state index is -0.201. The zero-order valence-electron chi connectivity index (χ0n) is 15.8. The summed E-state index contributed by atoms with van der Waals surface area (Å²) in [4.78, 5) is 30.3. The molecular weight excluding hydrogens is 338 g/mol. The summed E-state index contributed by atoms with van der Waals surface area (Å²) in [6.07, 6.45) is 2.72. The molecule has 0 unspecified atom stereocenters. The molecule has 2 aliphatic rings. The highest BCUT2D eigenvalue weighted by Gasteiger charge is 2.33. The molecule has 0 aromatic heterocycles. The van der Waals surface area contributed by atoms with E-state index in [9.17, 15) is 9.59 Å². The first-order valence-corrected chi connectivity index (χ1v) is 9.24. The number of fused-ring (bicyclic) bond motifs is 2. The maximum Gasteiger partial charge on any atom is 0.258 e. The quantitative estimate of drug-likeness (QED) is 0.837. The van der Waals surface area contributed by atoms with Gasteiger partial charge in [-0.25, -0.2) is 0 Å². The van der Waals surface area contributed by atoms with Crippen LogP contribution in [0.5, 0.6) is 0 Å². The summed E-state index contributed by atoms with van der Waals surface area (Å²) in [7, 11) is 2.08. The Hall–Kier alpha value is -2.92. The van der Waals surface area contributed by atoms with Gasteiger partial charge in [-0.1, -0.05) is 30.3 Å². The maximum absolute atomic E-state index is 13.6. The number of nitrogens with one attached hydrogen (secondary N) is 1. The second kappa shape index (κ2) is 6.67. The fourth-order valence-corrected chi connectivity index (χ4v) is 3.82. The third kappa shape index (κ3) is 2.94. The van der Waals surface area contributed by atoms with Crippen molar-refractivity contribution in [2.24, 2.45) is 0 Å². The van der Waals surface area contributed by atoms with E-state index in [2.05, 4.69) is 31.1 Å². The van der Waals surface area contributed by atoms with Gasteiger partial charge in [0.25, 0.3) is 11.8 Å². The minimum absolute atomic E-state index is 0.0711. The van der Waals surface area contributed by atoms with Crippen molar-refractivity contribution < 1.29 is 9.59 Å². The van der Waals surface area contributed by atoms with Gasteiger partial charge in [0.2, 0.25) is 0 Å². The zero-order valence-corrected chi connectivity index (χ0v) is 15.8. The van der Waals surface area contributed by atoms with E-state index in [4.69, 9.17) is 0 Å². The number of para-hydroxylation sites is 3. The molecule has 0 fully saturated rings. The Balaban J connectivity index is 1.87. The van der Waals surface area contributed by atoms with Crippen molar-refractivity contribution in [3.63, 3.8) is 0 Å². The summed E-state index contributed by atoms with van der Waals surface area (Å²) < 4.78 is 0. The first-order valence-electron chi connectivity index (χ1n) is 9.24. The number of anilines is 3. The van der Waals surface area contributed by atoms with E-state index in [1.165, 1.54) is 0 Å². The molecule has 2 atom stereocenters. The van der Waals surface area contributed by atoms with Crippen molar-refractivity contribution in [3.8, 4) is 0 Å². The van der Waals surface area contributed by atoms with Gasteiger partial charge in [-0.05, 0) is 51.6 Å². The predicted molar refractivity (Wildman–Crippen MR) is 107 cm³/mol. The van der Waals surface area contributed by atoms with E-state index in [1.54, 1.807) is 11.0 Å².